The van der Waals surface area contributed by atoms with E-state index in [1.165, 1.54) is 0 Å². The van der Waals surface area contributed by atoms with Crippen molar-refractivity contribution >= 4 is 23.5 Å². The lowest BCUT2D eigenvalue weighted by Gasteiger charge is -2.09. The number of carbonyl (C=O) groups is 3. The van der Waals surface area contributed by atoms with E-state index in [1.54, 1.807) is 38.3 Å². The van der Waals surface area contributed by atoms with E-state index in [0.717, 1.165) is 11.3 Å². The van der Waals surface area contributed by atoms with Crippen molar-refractivity contribution in [2.45, 2.75) is 19.8 Å². The second-order valence-electron chi connectivity index (χ2n) is 5.93. The zero-order valence-corrected chi connectivity index (χ0v) is 16.0. The maximum Gasteiger partial charge on any atom is 0.338 e. The van der Waals surface area contributed by atoms with Crippen molar-refractivity contribution in [2.24, 2.45) is 0 Å². The lowest BCUT2D eigenvalue weighted by molar-refractivity contribution is -0.126. The van der Waals surface area contributed by atoms with Gasteiger partial charge >= 0.3 is 5.97 Å². The maximum absolute atomic E-state index is 12.0. The summed E-state index contributed by atoms with van der Waals surface area (Å²) in [5, 5.41) is 5.35. The van der Waals surface area contributed by atoms with Gasteiger partial charge in [0.25, 0.3) is 0 Å². The van der Waals surface area contributed by atoms with Crippen LogP contribution in [0.25, 0.3) is 0 Å². The first kappa shape index (κ1) is 21.0. The Morgan fingerprint density at radius 1 is 0.964 bits per heavy atom. The molecule has 148 valence electrons. The van der Waals surface area contributed by atoms with Gasteiger partial charge in [-0.2, -0.15) is 0 Å². The molecule has 2 aromatic rings. The number of anilines is 1. The number of hydrogen-bond donors (Lipinski definition) is 2. The molecule has 0 aromatic heterocycles. The van der Waals surface area contributed by atoms with Crippen LogP contribution in [0.4, 0.5) is 5.69 Å². The number of amides is 2. The fraction of sp³-hybridized carbons (Fsp3) is 0.286. The predicted molar refractivity (Wildman–Crippen MR) is 105 cm³/mol. The number of benzene rings is 2. The van der Waals surface area contributed by atoms with Gasteiger partial charge in [-0.3, -0.25) is 9.59 Å². The molecule has 0 aliphatic rings. The Morgan fingerprint density at radius 2 is 1.68 bits per heavy atom. The van der Waals surface area contributed by atoms with Crippen LogP contribution in [0.1, 0.15) is 29.3 Å². The molecular formula is C21H24N2O5. The van der Waals surface area contributed by atoms with Crippen LogP contribution in [0.5, 0.6) is 5.75 Å². The summed E-state index contributed by atoms with van der Waals surface area (Å²) < 4.78 is 10.2. The molecule has 0 saturated heterocycles. The van der Waals surface area contributed by atoms with Crippen molar-refractivity contribution in [3.05, 3.63) is 59.7 Å². The number of rotatable bonds is 9. The van der Waals surface area contributed by atoms with Crippen LogP contribution in [-0.4, -0.2) is 38.0 Å². The Hall–Kier alpha value is -3.35. The average Bonchev–Trinajstić information content (AvgIpc) is 2.69. The summed E-state index contributed by atoms with van der Waals surface area (Å²) in [6.07, 6.45) is 0.318. The number of carbonyl (C=O) groups excluding carboxylic acids is 3. The van der Waals surface area contributed by atoms with Crippen LogP contribution in [0.15, 0.2) is 48.5 Å². The Balaban J connectivity index is 1.76. The molecule has 0 atom stereocenters. The fourth-order valence-corrected chi connectivity index (χ4v) is 2.56. The summed E-state index contributed by atoms with van der Waals surface area (Å²) in [6.45, 7) is 2.43. The first-order chi connectivity index (χ1) is 13.5. The molecule has 0 bridgehead atoms. The minimum absolute atomic E-state index is 0.286. The third-order valence-electron chi connectivity index (χ3n) is 3.91. The number of ether oxygens (including phenoxy) is 2. The summed E-state index contributed by atoms with van der Waals surface area (Å²) in [6, 6.07) is 13.9. The molecule has 0 heterocycles. The second-order valence-corrected chi connectivity index (χ2v) is 5.93. The van der Waals surface area contributed by atoms with Crippen molar-refractivity contribution in [3.8, 4) is 5.75 Å². The van der Waals surface area contributed by atoms with Gasteiger partial charge in [0, 0.05) is 12.2 Å². The number of esters is 1. The molecule has 2 rings (SSSR count). The quantitative estimate of drug-likeness (QED) is 0.512. The van der Waals surface area contributed by atoms with E-state index in [2.05, 4.69) is 10.6 Å². The van der Waals surface area contributed by atoms with Crippen molar-refractivity contribution in [3.63, 3.8) is 0 Å². The molecule has 0 radical (unpaired) electrons. The van der Waals surface area contributed by atoms with Gasteiger partial charge in [-0.25, -0.2) is 4.79 Å². The smallest absolute Gasteiger partial charge is 0.338 e. The minimum Gasteiger partial charge on any atom is -0.496 e. The Labute approximate surface area is 164 Å². The van der Waals surface area contributed by atoms with Crippen LogP contribution in [0.3, 0.4) is 0 Å². The van der Waals surface area contributed by atoms with E-state index in [1.807, 2.05) is 24.3 Å². The molecule has 0 fully saturated rings. The van der Waals surface area contributed by atoms with E-state index in [9.17, 15) is 14.4 Å². The summed E-state index contributed by atoms with van der Waals surface area (Å²) in [4.78, 5) is 35.5. The maximum atomic E-state index is 12.0. The standard InChI is InChI=1S/C21H24N2O5/c1-3-28-21(26)16-8-10-17(11-9-16)23-20(25)14-19(24)22-13-12-15-6-4-5-7-18(15)27-2/h4-11H,3,12-14H2,1-2H3,(H,22,24)(H,23,25). The Bertz CT molecular complexity index is 818. The van der Waals surface area contributed by atoms with Gasteiger partial charge in [0.15, 0.2) is 0 Å². The molecule has 7 nitrogen and oxygen atoms in total. The van der Waals surface area contributed by atoms with Crippen LogP contribution in [0.2, 0.25) is 0 Å². The molecule has 28 heavy (non-hydrogen) atoms. The number of methoxy groups -OCH3 is 1. The van der Waals surface area contributed by atoms with E-state index < -0.39 is 11.9 Å². The van der Waals surface area contributed by atoms with E-state index in [0.29, 0.717) is 30.8 Å². The zero-order chi connectivity index (χ0) is 20.4. The number of hydrogen-bond acceptors (Lipinski definition) is 5. The highest BCUT2D eigenvalue weighted by Gasteiger charge is 2.11. The van der Waals surface area contributed by atoms with Gasteiger partial charge in [0.05, 0.1) is 19.3 Å². The summed E-state index contributed by atoms with van der Waals surface area (Å²) in [7, 11) is 1.60. The van der Waals surface area contributed by atoms with Gasteiger partial charge in [-0.05, 0) is 49.2 Å². The van der Waals surface area contributed by atoms with Crippen molar-refractivity contribution in [1.29, 1.82) is 0 Å². The molecular weight excluding hydrogens is 360 g/mol. The normalized spacial score (nSPS) is 10.1. The van der Waals surface area contributed by atoms with Gasteiger partial charge in [-0.15, -0.1) is 0 Å². The third kappa shape index (κ3) is 6.42. The minimum atomic E-state index is -0.432. The Morgan fingerprint density at radius 3 is 2.36 bits per heavy atom. The third-order valence-corrected chi connectivity index (χ3v) is 3.91. The van der Waals surface area contributed by atoms with Crippen molar-refractivity contribution in [1.82, 2.24) is 5.32 Å². The molecule has 0 saturated carbocycles. The van der Waals surface area contributed by atoms with Crippen molar-refractivity contribution < 1.29 is 23.9 Å². The van der Waals surface area contributed by atoms with E-state index >= 15 is 0 Å². The molecule has 0 aliphatic heterocycles. The fourth-order valence-electron chi connectivity index (χ4n) is 2.56. The van der Waals surface area contributed by atoms with Crippen LogP contribution < -0.4 is 15.4 Å². The molecule has 0 spiro atoms. The monoisotopic (exact) mass is 384 g/mol. The average molecular weight is 384 g/mol. The molecule has 7 heteroatoms. The highest BCUT2D eigenvalue weighted by atomic mass is 16.5. The topological polar surface area (TPSA) is 93.7 Å². The molecule has 0 aliphatic carbocycles. The number of para-hydroxylation sites is 1. The van der Waals surface area contributed by atoms with Gasteiger partial charge in [-0.1, -0.05) is 18.2 Å². The molecule has 2 amide bonds. The SMILES string of the molecule is CCOC(=O)c1ccc(NC(=O)CC(=O)NCCc2ccccc2OC)cc1. The summed E-state index contributed by atoms with van der Waals surface area (Å²) in [5.74, 6) is -0.454. The van der Waals surface area contributed by atoms with Gasteiger partial charge in [0.2, 0.25) is 11.8 Å². The van der Waals surface area contributed by atoms with Crippen LogP contribution >= 0.6 is 0 Å². The number of nitrogens with one attached hydrogen (secondary N) is 2. The van der Waals surface area contributed by atoms with Crippen LogP contribution in [0, 0.1) is 0 Å². The summed E-state index contributed by atoms with van der Waals surface area (Å²) >= 11 is 0. The lowest BCUT2D eigenvalue weighted by atomic mass is 10.1. The lowest BCUT2D eigenvalue weighted by Crippen LogP contribution is -2.29. The molecule has 2 N–H and O–H groups in total. The Kier molecular flexibility index (Phi) is 8.02. The zero-order valence-electron chi connectivity index (χ0n) is 16.0. The second kappa shape index (κ2) is 10.7. The highest BCUT2D eigenvalue weighted by molar-refractivity contribution is 6.03. The largest absolute Gasteiger partial charge is 0.496 e. The first-order valence-electron chi connectivity index (χ1n) is 8.99. The predicted octanol–water partition coefficient (Wildman–Crippen LogP) is 2.56. The van der Waals surface area contributed by atoms with Crippen LogP contribution in [-0.2, 0) is 20.7 Å². The van der Waals surface area contributed by atoms with Gasteiger partial charge in [0.1, 0.15) is 12.2 Å². The highest BCUT2D eigenvalue weighted by Crippen LogP contribution is 2.17. The summed E-state index contributed by atoms with van der Waals surface area (Å²) in [5.41, 5.74) is 1.88. The van der Waals surface area contributed by atoms with Crippen molar-refractivity contribution in [2.75, 3.05) is 25.6 Å². The first-order valence-corrected chi connectivity index (χ1v) is 8.99. The van der Waals surface area contributed by atoms with E-state index in [-0.39, 0.29) is 12.3 Å². The van der Waals surface area contributed by atoms with Gasteiger partial charge < -0.3 is 20.1 Å². The molecule has 0 unspecified atom stereocenters. The van der Waals surface area contributed by atoms with E-state index in [4.69, 9.17) is 9.47 Å². The molecule has 2 aromatic carbocycles.